The number of alkyl carbamates (subject to hydrolysis) is 1. The van der Waals surface area contributed by atoms with Gasteiger partial charge in [0.15, 0.2) is 22.9 Å². The first kappa shape index (κ1) is 59.9. The van der Waals surface area contributed by atoms with E-state index in [0.717, 1.165) is 10.1 Å². The zero-order chi connectivity index (χ0) is 54.1. The molecule has 72 heavy (non-hydrogen) atoms. The Balaban J connectivity index is 1.70. The van der Waals surface area contributed by atoms with Gasteiger partial charge in [-0.15, -0.1) is 0 Å². The van der Waals surface area contributed by atoms with Gasteiger partial charge in [0.25, 0.3) is 5.56 Å². The van der Waals surface area contributed by atoms with Crippen molar-refractivity contribution >= 4 is 34.6 Å². The van der Waals surface area contributed by atoms with Crippen LogP contribution in [0.2, 0.25) is 36.3 Å². The van der Waals surface area contributed by atoms with E-state index in [2.05, 4.69) is 83.7 Å². The number of ether oxygens (including phenoxy) is 4. The standard InChI is InChI=1S/C52H83N5O13Si2/c1-33(2)40(59)38(55-48(63)66-32-35-21-18-17-19-22-35)45(61)54-29-20-28-53-39(47(62)68-50(3,4)5)41(60)42-43(69-71(13,14)51(6,7)8)44(70-72(15,16)52(9,10)11)46(67-42)56-30-27-37(58)57(49(56)64)31-34-23-25-36(65-12)26-24-34/h17-19,21-27,30,33,38-44,46,53,59-60H,20,28-29,31-32H2,1-16H3,(H,54,61)(H,55,63)/t38-,39+,40?,41-,42?,43-,44-,46-/m1/s1. The van der Waals surface area contributed by atoms with Gasteiger partial charge in [-0.25, -0.2) is 9.59 Å². The number of aliphatic hydroxyl groups is 2. The van der Waals surface area contributed by atoms with Crippen LogP contribution in [0.5, 0.6) is 5.75 Å². The van der Waals surface area contributed by atoms with E-state index in [4.69, 9.17) is 27.8 Å². The maximum absolute atomic E-state index is 14.7. The second-order valence-electron chi connectivity index (χ2n) is 23.0. The maximum Gasteiger partial charge on any atom is 0.408 e. The molecule has 1 saturated heterocycles. The molecule has 1 aliphatic heterocycles. The van der Waals surface area contributed by atoms with Gasteiger partial charge in [-0.1, -0.05) is 97.9 Å². The number of methoxy groups -OCH3 is 1. The third kappa shape index (κ3) is 15.9. The van der Waals surface area contributed by atoms with E-state index >= 15 is 0 Å². The fourth-order valence-corrected chi connectivity index (χ4v) is 9.98. The Bertz CT molecular complexity index is 2370. The summed E-state index contributed by atoms with van der Waals surface area (Å²) in [5.41, 5.74) is -0.762. The van der Waals surface area contributed by atoms with E-state index in [1.54, 1.807) is 78.1 Å². The van der Waals surface area contributed by atoms with Crippen LogP contribution in [0.1, 0.15) is 99.9 Å². The van der Waals surface area contributed by atoms with Crippen LogP contribution >= 0.6 is 0 Å². The van der Waals surface area contributed by atoms with E-state index < -0.39 is 106 Å². The normalized spacial score (nSPS) is 19.5. The number of carbonyl (C=O) groups excluding carboxylic acids is 3. The van der Waals surface area contributed by atoms with E-state index in [-0.39, 0.29) is 42.7 Å². The molecule has 0 radical (unpaired) electrons. The lowest BCUT2D eigenvalue weighted by atomic mass is 9.99. The SMILES string of the molecule is COc1ccc(Cn2c(=O)ccn([C@@H]3OC([C@H](O)[C@H](NCCCNC(=O)[C@H](NC(=O)OCc4ccccc4)C(O)C(C)C)C(=O)OC(C)(C)C)[C@@H](O[Si](C)(C)C(C)(C)C)[C@H]3O[Si](C)(C)C(C)(C)C)c2=O)cc1. The summed E-state index contributed by atoms with van der Waals surface area (Å²) in [5.74, 6) is -1.22. The number of nitrogens with zero attached hydrogens (tertiary/aromatic N) is 2. The molecule has 0 aliphatic carbocycles. The lowest BCUT2D eigenvalue weighted by molar-refractivity contribution is -0.166. The van der Waals surface area contributed by atoms with Crippen molar-refractivity contribution in [2.24, 2.45) is 5.92 Å². The lowest BCUT2D eigenvalue weighted by Gasteiger charge is -2.44. The smallest absolute Gasteiger partial charge is 0.408 e. The molecular weight excluding hydrogens is 959 g/mol. The van der Waals surface area contributed by atoms with Gasteiger partial charge in [0.2, 0.25) is 5.91 Å². The summed E-state index contributed by atoms with van der Waals surface area (Å²) in [7, 11) is -4.00. The molecule has 1 aliphatic rings. The summed E-state index contributed by atoms with van der Waals surface area (Å²) in [5, 5.41) is 31.4. The first-order valence-electron chi connectivity index (χ1n) is 24.8. The van der Waals surface area contributed by atoms with Crippen molar-refractivity contribution in [2.45, 2.75) is 186 Å². The number of nitrogens with one attached hydrogen (secondary N) is 3. The van der Waals surface area contributed by atoms with Crippen molar-refractivity contribution in [1.29, 1.82) is 0 Å². The van der Waals surface area contributed by atoms with Gasteiger partial charge in [-0.3, -0.25) is 23.5 Å². The molecule has 20 heteroatoms. The minimum absolute atomic E-state index is 0.0342. The third-order valence-electron chi connectivity index (χ3n) is 13.7. The molecular formula is C52H83N5O13Si2. The summed E-state index contributed by atoms with van der Waals surface area (Å²) in [4.78, 5) is 68.7. The molecule has 18 nitrogen and oxygen atoms in total. The average molecular weight is 1040 g/mol. The minimum Gasteiger partial charge on any atom is -0.497 e. The largest absolute Gasteiger partial charge is 0.497 e. The number of hydrogen-bond acceptors (Lipinski definition) is 14. The molecule has 1 aromatic heterocycles. The van der Waals surface area contributed by atoms with Gasteiger partial charge in [-0.2, -0.15) is 0 Å². The molecule has 0 spiro atoms. The molecule has 2 heterocycles. The summed E-state index contributed by atoms with van der Waals surface area (Å²) in [6, 6.07) is 14.6. The fraction of sp³-hybridized carbons (Fsp3) is 0.635. The van der Waals surface area contributed by atoms with Crippen molar-refractivity contribution in [3.8, 4) is 5.75 Å². The summed E-state index contributed by atoms with van der Waals surface area (Å²) in [6.45, 7) is 29.3. The monoisotopic (exact) mass is 1040 g/mol. The highest BCUT2D eigenvalue weighted by Crippen LogP contribution is 2.46. The highest BCUT2D eigenvalue weighted by Gasteiger charge is 2.58. The predicted octanol–water partition coefficient (Wildman–Crippen LogP) is 6.22. The second kappa shape index (κ2) is 24.6. The quantitative estimate of drug-likeness (QED) is 0.0428. The van der Waals surface area contributed by atoms with Crippen molar-refractivity contribution in [3.63, 3.8) is 0 Å². The van der Waals surface area contributed by atoms with Crippen LogP contribution in [0.25, 0.3) is 0 Å². The van der Waals surface area contributed by atoms with E-state index in [1.165, 1.54) is 16.8 Å². The van der Waals surface area contributed by atoms with Crippen LogP contribution < -0.4 is 31.9 Å². The topological polar surface area (TPSA) is 227 Å². The Morgan fingerprint density at radius 3 is 1.90 bits per heavy atom. The van der Waals surface area contributed by atoms with Crippen LogP contribution in [0.4, 0.5) is 4.79 Å². The number of carbonyl (C=O) groups is 3. The van der Waals surface area contributed by atoms with Gasteiger partial charge in [0, 0.05) is 18.8 Å². The molecule has 3 aromatic rings. The lowest BCUT2D eigenvalue weighted by Crippen LogP contribution is -2.59. The number of aromatic nitrogens is 2. The molecule has 5 N–H and O–H groups in total. The zero-order valence-electron chi connectivity index (χ0n) is 45.4. The summed E-state index contributed by atoms with van der Waals surface area (Å²) < 4.78 is 40.2. The second-order valence-corrected chi connectivity index (χ2v) is 32.5. The maximum atomic E-state index is 14.7. The molecule has 1 fully saturated rings. The molecule has 2 amide bonds. The van der Waals surface area contributed by atoms with Crippen LogP contribution in [0.15, 0.2) is 76.4 Å². The van der Waals surface area contributed by atoms with Crippen LogP contribution in [-0.2, 0) is 45.8 Å². The first-order chi connectivity index (χ1) is 33.3. The summed E-state index contributed by atoms with van der Waals surface area (Å²) in [6.07, 6.45) is -6.80. The Hall–Kier alpha value is -4.68. The fourth-order valence-electron chi connectivity index (χ4n) is 7.39. The molecule has 2 unspecified atom stereocenters. The first-order valence-corrected chi connectivity index (χ1v) is 30.6. The van der Waals surface area contributed by atoms with Gasteiger partial charge < -0.3 is 54.0 Å². The average Bonchev–Trinajstić information content (AvgIpc) is 3.61. The van der Waals surface area contributed by atoms with Crippen LogP contribution in [0, 0.1) is 5.92 Å². The minimum atomic E-state index is -2.78. The summed E-state index contributed by atoms with van der Waals surface area (Å²) >= 11 is 0. The highest BCUT2D eigenvalue weighted by atomic mass is 28.4. The molecule has 0 bridgehead atoms. The molecule has 402 valence electrons. The highest BCUT2D eigenvalue weighted by molar-refractivity contribution is 6.74. The molecule has 4 rings (SSSR count). The number of amides is 2. The van der Waals surface area contributed by atoms with E-state index in [0.29, 0.717) is 11.3 Å². The number of benzene rings is 2. The van der Waals surface area contributed by atoms with Gasteiger partial charge >= 0.3 is 17.8 Å². The van der Waals surface area contributed by atoms with Crippen molar-refractivity contribution in [2.75, 3.05) is 20.2 Å². The Morgan fingerprint density at radius 2 is 1.36 bits per heavy atom. The van der Waals surface area contributed by atoms with E-state index in [1.807, 2.05) is 18.2 Å². The Morgan fingerprint density at radius 1 is 0.778 bits per heavy atom. The Labute approximate surface area is 427 Å². The molecule has 0 saturated carbocycles. The Kier molecular flexibility index (Phi) is 20.4. The van der Waals surface area contributed by atoms with Gasteiger partial charge in [-0.05, 0) is 99.2 Å². The van der Waals surface area contributed by atoms with Crippen molar-refractivity contribution < 1.29 is 52.4 Å². The van der Waals surface area contributed by atoms with Crippen molar-refractivity contribution in [3.05, 3.63) is 98.8 Å². The van der Waals surface area contributed by atoms with Gasteiger partial charge in [0.05, 0.1) is 19.8 Å². The van der Waals surface area contributed by atoms with Crippen LogP contribution in [0.3, 0.4) is 0 Å². The number of rotatable bonds is 22. The van der Waals surface area contributed by atoms with Crippen LogP contribution in [-0.4, -0.2) is 122 Å². The number of esters is 1. The predicted molar refractivity (Wildman–Crippen MR) is 281 cm³/mol. The number of hydrogen-bond donors (Lipinski definition) is 5. The molecule has 2 aromatic carbocycles. The zero-order valence-corrected chi connectivity index (χ0v) is 47.4. The van der Waals surface area contributed by atoms with Gasteiger partial charge in [0.1, 0.15) is 54.5 Å². The third-order valence-corrected chi connectivity index (χ3v) is 22.7. The molecule has 8 atom stereocenters. The van der Waals surface area contributed by atoms with E-state index in [9.17, 15) is 34.2 Å². The number of aliphatic hydroxyl groups excluding tert-OH is 2. The van der Waals surface area contributed by atoms with Crippen molar-refractivity contribution in [1.82, 2.24) is 25.1 Å².